The van der Waals surface area contributed by atoms with Crippen LogP contribution in [0.2, 0.25) is 0 Å². The van der Waals surface area contributed by atoms with Crippen molar-refractivity contribution in [2.24, 2.45) is 0 Å². The van der Waals surface area contributed by atoms with E-state index in [2.05, 4.69) is 0 Å². The van der Waals surface area contributed by atoms with Crippen LogP contribution in [0.4, 0.5) is 4.79 Å². The maximum Gasteiger partial charge on any atom is 0.410 e. The molecular weight excluding hydrogens is 198 g/mol. The fourth-order valence-electron chi connectivity index (χ4n) is 2.94. The molecule has 0 saturated carbocycles. The third-order valence-corrected chi connectivity index (χ3v) is 3.54. The Balaban J connectivity index is 1.78. The van der Waals surface area contributed by atoms with E-state index in [4.69, 9.17) is 9.47 Å². The van der Waals surface area contributed by atoms with Crippen LogP contribution in [0.3, 0.4) is 0 Å². The van der Waals surface area contributed by atoms with E-state index in [1.165, 1.54) is 0 Å². The van der Waals surface area contributed by atoms with Gasteiger partial charge in [-0.05, 0) is 19.8 Å². The predicted octanol–water partition coefficient (Wildman–Crippen LogP) is 0.118. The Kier molecular flexibility index (Phi) is 1.94. The van der Waals surface area contributed by atoms with Gasteiger partial charge in [0.05, 0.1) is 24.8 Å². The highest BCUT2D eigenvalue weighted by molar-refractivity contribution is 5.70. The topological polar surface area (TPSA) is 62.3 Å². The summed E-state index contributed by atoms with van der Waals surface area (Å²) in [4.78, 5) is 13.5. The first-order valence-electron chi connectivity index (χ1n) is 5.51. The summed E-state index contributed by atoms with van der Waals surface area (Å²) in [5, 5.41) is 9.62. The van der Waals surface area contributed by atoms with Gasteiger partial charge >= 0.3 is 6.09 Å². The lowest BCUT2D eigenvalue weighted by Crippen LogP contribution is -2.52. The van der Waals surface area contributed by atoms with Crippen LogP contribution < -0.4 is 0 Å². The summed E-state index contributed by atoms with van der Waals surface area (Å²) in [5.74, 6) is 0. The summed E-state index contributed by atoms with van der Waals surface area (Å²) in [6.45, 7) is 2.20. The quantitative estimate of drug-likeness (QED) is 0.628. The molecule has 15 heavy (non-hydrogen) atoms. The Morgan fingerprint density at radius 2 is 2.07 bits per heavy atom. The van der Waals surface area contributed by atoms with Crippen LogP contribution >= 0.6 is 0 Å². The van der Waals surface area contributed by atoms with Gasteiger partial charge in [0, 0.05) is 0 Å². The van der Waals surface area contributed by atoms with Crippen LogP contribution in [-0.2, 0) is 9.47 Å². The zero-order chi connectivity index (χ0) is 10.6. The SMILES string of the molecule is CCOC(=O)N1C2CC(O)CC1C1OC12. The second kappa shape index (κ2) is 3.09. The van der Waals surface area contributed by atoms with Gasteiger partial charge in [0.1, 0.15) is 12.2 Å². The third kappa shape index (κ3) is 1.26. The molecule has 84 valence electrons. The fourth-order valence-corrected chi connectivity index (χ4v) is 2.94. The van der Waals surface area contributed by atoms with Gasteiger partial charge in [0.15, 0.2) is 0 Å². The van der Waals surface area contributed by atoms with Crippen molar-refractivity contribution in [2.45, 2.75) is 50.2 Å². The number of morpholine rings is 1. The molecule has 0 aromatic heterocycles. The van der Waals surface area contributed by atoms with Crippen LogP contribution in [0.15, 0.2) is 0 Å². The Bertz CT molecular complexity index is 277. The van der Waals surface area contributed by atoms with Crippen molar-refractivity contribution in [1.29, 1.82) is 0 Å². The number of carbonyl (C=O) groups is 1. The van der Waals surface area contributed by atoms with Gasteiger partial charge in [-0.15, -0.1) is 0 Å². The second-order valence-corrected chi connectivity index (χ2v) is 4.43. The summed E-state index contributed by atoms with van der Waals surface area (Å²) in [5.41, 5.74) is 0. The molecule has 3 aliphatic heterocycles. The average molecular weight is 213 g/mol. The number of hydrogen-bond donors (Lipinski definition) is 1. The Hall–Kier alpha value is -0.810. The molecule has 2 bridgehead atoms. The van der Waals surface area contributed by atoms with Gasteiger partial charge in [-0.2, -0.15) is 0 Å². The molecule has 5 heteroatoms. The Morgan fingerprint density at radius 1 is 1.47 bits per heavy atom. The minimum atomic E-state index is -0.290. The standard InChI is InChI=1S/C10H15NO4/c1-2-14-10(13)11-6-3-5(12)4-7(11)9-8(6)15-9/h5-9,12H,2-4H2,1H3. The molecule has 3 fully saturated rings. The lowest BCUT2D eigenvalue weighted by atomic mass is 9.99. The molecule has 1 amide bonds. The van der Waals surface area contributed by atoms with Gasteiger partial charge in [0.2, 0.25) is 0 Å². The average Bonchev–Trinajstić information content (AvgIpc) is 2.91. The first kappa shape index (κ1) is 9.42. The van der Waals surface area contributed by atoms with Gasteiger partial charge in [-0.1, -0.05) is 0 Å². The first-order valence-corrected chi connectivity index (χ1v) is 5.51. The van der Waals surface area contributed by atoms with Crippen LogP contribution in [0, 0.1) is 0 Å². The van der Waals surface area contributed by atoms with Crippen molar-refractivity contribution in [3.05, 3.63) is 0 Å². The predicted molar refractivity (Wildman–Crippen MR) is 50.3 cm³/mol. The summed E-state index contributed by atoms with van der Waals surface area (Å²) < 4.78 is 10.5. The summed E-state index contributed by atoms with van der Waals surface area (Å²) >= 11 is 0. The van der Waals surface area contributed by atoms with Crippen LogP contribution in [-0.4, -0.2) is 53.1 Å². The summed E-state index contributed by atoms with van der Waals surface area (Å²) in [6, 6.07) is 0.0607. The molecule has 3 rings (SSSR count). The molecule has 1 N–H and O–H groups in total. The van der Waals surface area contributed by atoms with Crippen molar-refractivity contribution in [1.82, 2.24) is 4.90 Å². The van der Waals surface area contributed by atoms with E-state index in [0.29, 0.717) is 19.4 Å². The number of hydrogen-bond acceptors (Lipinski definition) is 4. The fraction of sp³-hybridized carbons (Fsp3) is 0.900. The molecule has 4 unspecified atom stereocenters. The molecule has 0 spiro atoms. The maximum absolute atomic E-state index is 11.7. The zero-order valence-corrected chi connectivity index (χ0v) is 8.63. The second-order valence-electron chi connectivity index (χ2n) is 4.43. The first-order chi connectivity index (χ1) is 7.22. The highest BCUT2D eigenvalue weighted by Gasteiger charge is 2.65. The van der Waals surface area contributed by atoms with Crippen LogP contribution in [0.5, 0.6) is 0 Å². The highest BCUT2D eigenvalue weighted by Crippen LogP contribution is 2.48. The Morgan fingerprint density at radius 3 is 2.60 bits per heavy atom. The van der Waals surface area contributed by atoms with Crippen molar-refractivity contribution in [3.8, 4) is 0 Å². The van der Waals surface area contributed by atoms with E-state index >= 15 is 0 Å². The number of nitrogens with zero attached hydrogens (tertiary/aromatic N) is 1. The Labute approximate surface area is 87.9 Å². The van der Waals surface area contributed by atoms with Crippen molar-refractivity contribution >= 4 is 6.09 Å². The molecule has 0 aromatic rings. The molecule has 4 atom stereocenters. The lowest BCUT2D eigenvalue weighted by Gasteiger charge is -2.38. The number of carbonyl (C=O) groups excluding carboxylic acids is 1. The maximum atomic E-state index is 11.7. The zero-order valence-electron chi connectivity index (χ0n) is 8.63. The third-order valence-electron chi connectivity index (χ3n) is 3.54. The van der Waals surface area contributed by atoms with Crippen LogP contribution in [0.1, 0.15) is 19.8 Å². The van der Waals surface area contributed by atoms with E-state index in [-0.39, 0.29) is 36.5 Å². The van der Waals surface area contributed by atoms with Gasteiger partial charge in [-0.25, -0.2) is 4.79 Å². The number of epoxide rings is 1. The molecular formula is C10H15NO4. The molecule has 3 saturated heterocycles. The van der Waals surface area contributed by atoms with Crippen molar-refractivity contribution in [3.63, 3.8) is 0 Å². The minimum absolute atomic E-state index is 0.0304. The van der Waals surface area contributed by atoms with E-state index in [1.807, 2.05) is 0 Å². The van der Waals surface area contributed by atoms with Crippen molar-refractivity contribution in [2.75, 3.05) is 6.61 Å². The van der Waals surface area contributed by atoms with Gasteiger partial charge < -0.3 is 14.6 Å². The smallest absolute Gasteiger partial charge is 0.410 e. The number of fused-ring (bicyclic) bond motifs is 5. The van der Waals surface area contributed by atoms with Crippen molar-refractivity contribution < 1.29 is 19.4 Å². The normalized spacial score (nSPS) is 46.3. The number of rotatable bonds is 1. The highest BCUT2D eigenvalue weighted by atomic mass is 16.6. The van der Waals surface area contributed by atoms with E-state index in [0.717, 1.165) is 0 Å². The summed E-state index contributed by atoms with van der Waals surface area (Å²) in [6.07, 6.45) is 0.998. The van der Waals surface area contributed by atoms with Crippen LogP contribution in [0.25, 0.3) is 0 Å². The molecule has 5 nitrogen and oxygen atoms in total. The number of aliphatic hydroxyl groups is 1. The summed E-state index contributed by atoms with van der Waals surface area (Å²) in [7, 11) is 0. The van der Waals surface area contributed by atoms with E-state index < -0.39 is 0 Å². The minimum Gasteiger partial charge on any atom is -0.450 e. The monoisotopic (exact) mass is 213 g/mol. The molecule has 0 aromatic carbocycles. The number of ether oxygens (including phenoxy) is 2. The largest absolute Gasteiger partial charge is 0.450 e. The molecule has 3 aliphatic rings. The molecule has 0 radical (unpaired) electrons. The van der Waals surface area contributed by atoms with E-state index in [9.17, 15) is 9.90 Å². The van der Waals surface area contributed by atoms with Gasteiger partial charge in [0.25, 0.3) is 0 Å². The lowest BCUT2D eigenvalue weighted by molar-refractivity contribution is -0.0123. The number of piperidine rings is 1. The number of aliphatic hydroxyl groups excluding tert-OH is 1. The molecule has 0 aliphatic carbocycles. The van der Waals surface area contributed by atoms with Gasteiger partial charge in [-0.3, -0.25) is 4.90 Å². The molecule has 3 heterocycles. The number of amides is 1. The van der Waals surface area contributed by atoms with E-state index in [1.54, 1.807) is 11.8 Å².